The molecule has 0 aliphatic carbocycles. The lowest BCUT2D eigenvalue weighted by molar-refractivity contribution is -0.385. The van der Waals surface area contributed by atoms with Gasteiger partial charge in [-0.15, -0.1) is 12.4 Å². The van der Waals surface area contributed by atoms with Gasteiger partial charge in [0.15, 0.2) is 0 Å². The van der Waals surface area contributed by atoms with E-state index in [-0.39, 0.29) is 23.0 Å². The monoisotopic (exact) mass is 305 g/mol. The van der Waals surface area contributed by atoms with Gasteiger partial charge in [0.1, 0.15) is 0 Å². The van der Waals surface area contributed by atoms with Crippen LogP contribution in [0.2, 0.25) is 5.02 Å². The number of nitro benzene ring substituents is 1. The largest absolute Gasteiger partial charge is 0.316 e. The molecule has 1 atom stereocenters. The molecule has 1 heterocycles. The van der Waals surface area contributed by atoms with Crippen molar-refractivity contribution < 1.29 is 4.92 Å². The van der Waals surface area contributed by atoms with Crippen LogP contribution in [0.25, 0.3) is 0 Å². The summed E-state index contributed by atoms with van der Waals surface area (Å²) in [6, 6.07) is 5.35. The zero-order valence-electron chi connectivity index (χ0n) is 10.6. The van der Waals surface area contributed by atoms with E-state index in [0.717, 1.165) is 25.1 Å². The fourth-order valence-electron chi connectivity index (χ4n) is 2.29. The van der Waals surface area contributed by atoms with Gasteiger partial charge in [0.25, 0.3) is 5.69 Å². The number of halogens is 2. The lowest BCUT2D eigenvalue weighted by Gasteiger charge is -2.15. The molecule has 1 aromatic rings. The molecule has 1 saturated heterocycles. The number of likely N-dealkylation sites (N-methyl/N-ethyl adjacent to an activating group) is 1. The summed E-state index contributed by atoms with van der Waals surface area (Å²) in [5.41, 5.74) is 0.830. The third-order valence-electron chi connectivity index (χ3n) is 3.32. The van der Waals surface area contributed by atoms with Gasteiger partial charge in [0.05, 0.1) is 4.92 Å². The summed E-state index contributed by atoms with van der Waals surface area (Å²) in [4.78, 5) is 12.8. The summed E-state index contributed by atoms with van der Waals surface area (Å²) in [6.45, 7) is 2.49. The third-order valence-corrected chi connectivity index (χ3v) is 3.55. The summed E-state index contributed by atoms with van der Waals surface area (Å²) >= 11 is 5.80. The molecule has 0 amide bonds. The van der Waals surface area contributed by atoms with Crippen molar-refractivity contribution in [3.63, 3.8) is 0 Å². The van der Waals surface area contributed by atoms with Crippen molar-refractivity contribution in [3.05, 3.63) is 38.9 Å². The van der Waals surface area contributed by atoms with Crippen LogP contribution in [-0.4, -0.2) is 36.0 Å². The average Bonchev–Trinajstić information content (AvgIpc) is 2.79. The summed E-state index contributed by atoms with van der Waals surface area (Å²) in [5.74, 6) is 0. The Kier molecular flexibility index (Phi) is 6.00. The van der Waals surface area contributed by atoms with Crippen LogP contribution in [0.5, 0.6) is 0 Å². The fraction of sp³-hybridized carbons (Fsp3) is 0.500. The van der Waals surface area contributed by atoms with Crippen LogP contribution >= 0.6 is 24.0 Å². The topological polar surface area (TPSA) is 58.4 Å². The minimum Gasteiger partial charge on any atom is -0.316 e. The van der Waals surface area contributed by atoms with Crippen LogP contribution < -0.4 is 5.32 Å². The molecule has 7 heteroatoms. The number of rotatable bonds is 4. The molecule has 1 unspecified atom stereocenters. The number of nitrogens with one attached hydrogen (secondary N) is 1. The standard InChI is InChI=1S/C12H16ClN3O2.ClH/c1-14-11-4-5-15(8-11)7-9-2-3-10(13)6-12(9)16(17)18;/h2-3,6,11,14H,4-5,7-8H2,1H3;1H. The molecule has 5 nitrogen and oxygen atoms in total. The summed E-state index contributed by atoms with van der Waals surface area (Å²) in [5, 5.41) is 14.6. The molecule has 106 valence electrons. The van der Waals surface area contributed by atoms with E-state index in [0.29, 0.717) is 17.6 Å². The van der Waals surface area contributed by atoms with Gasteiger partial charge in [-0.25, -0.2) is 0 Å². The van der Waals surface area contributed by atoms with Crippen molar-refractivity contribution in [1.82, 2.24) is 10.2 Å². The second-order valence-electron chi connectivity index (χ2n) is 4.54. The Morgan fingerprint density at radius 3 is 2.89 bits per heavy atom. The molecule has 2 rings (SSSR count). The van der Waals surface area contributed by atoms with Gasteiger partial charge in [-0.05, 0) is 25.6 Å². The van der Waals surface area contributed by atoms with Gasteiger partial charge in [0, 0.05) is 42.3 Å². The number of likely N-dealkylation sites (tertiary alicyclic amines) is 1. The average molecular weight is 306 g/mol. The SMILES string of the molecule is CNC1CCN(Cc2ccc(Cl)cc2[N+](=O)[O-])C1.Cl. The highest BCUT2D eigenvalue weighted by Gasteiger charge is 2.23. The fourth-order valence-corrected chi connectivity index (χ4v) is 2.46. The number of benzene rings is 1. The first-order valence-electron chi connectivity index (χ1n) is 5.92. The molecule has 1 aliphatic heterocycles. The minimum atomic E-state index is -0.368. The first kappa shape index (κ1) is 16.2. The summed E-state index contributed by atoms with van der Waals surface area (Å²) in [6.07, 6.45) is 1.08. The van der Waals surface area contributed by atoms with Gasteiger partial charge >= 0.3 is 0 Å². The molecule has 0 bridgehead atoms. The molecule has 1 aromatic carbocycles. The maximum atomic E-state index is 11.0. The van der Waals surface area contributed by atoms with E-state index in [1.807, 2.05) is 7.05 Å². The van der Waals surface area contributed by atoms with E-state index in [1.54, 1.807) is 12.1 Å². The smallest absolute Gasteiger partial charge is 0.275 e. The highest BCUT2D eigenvalue weighted by molar-refractivity contribution is 6.30. The predicted octanol–water partition coefficient (Wildman–Crippen LogP) is 2.46. The maximum absolute atomic E-state index is 11.0. The van der Waals surface area contributed by atoms with E-state index in [9.17, 15) is 10.1 Å². The molecule has 0 aromatic heterocycles. The van der Waals surface area contributed by atoms with Gasteiger partial charge in [-0.2, -0.15) is 0 Å². The lowest BCUT2D eigenvalue weighted by atomic mass is 10.1. The second-order valence-corrected chi connectivity index (χ2v) is 4.98. The lowest BCUT2D eigenvalue weighted by Crippen LogP contribution is -2.29. The van der Waals surface area contributed by atoms with Crippen LogP contribution in [0.3, 0.4) is 0 Å². The van der Waals surface area contributed by atoms with Crippen LogP contribution in [0.15, 0.2) is 18.2 Å². The van der Waals surface area contributed by atoms with E-state index in [4.69, 9.17) is 11.6 Å². The Morgan fingerprint density at radius 1 is 1.58 bits per heavy atom. The predicted molar refractivity (Wildman–Crippen MR) is 78.1 cm³/mol. The Hall–Kier alpha value is -0.880. The third kappa shape index (κ3) is 4.04. The quantitative estimate of drug-likeness (QED) is 0.686. The molecule has 0 spiro atoms. The van der Waals surface area contributed by atoms with Gasteiger partial charge in [0.2, 0.25) is 0 Å². The van der Waals surface area contributed by atoms with E-state index >= 15 is 0 Å². The normalized spacial score (nSPS) is 19.2. The summed E-state index contributed by atoms with van der Waals surface area (Å²) in [7, 11) is 1.94. The molecule has 1 fully saturated rings. The van der Waals surface area contributed by atoms with Gasteiger partial charge in [-0.3, -0.25) is 15.0 Å². The van der Waals surface area contributed by atoms with Gasteiger partial charge < -0.3 is 5.32 Å². The highest BCUT2D eigenvalue weighted by atomic mass is 35.5. The number of hydrogen-bond acceptors (Lipinski definition) is 4. The zero-order chi connectivity index (χ0) is 13.1. The van der Waals surface area contributed by atoms with Crippen molar-refractivity contribution >= 4 is 29.7 Å². The maximum Gasteiger partial charge on any atom is 0.275 e. The molecule has 19 heavy (non-hydrogen) atoms. The van der Waals surface area contributed by atoms with Crippen molar-refractivity contribution in [2.45, 2.75) is 19.0 Å². The number of hydrogen-bond donors (Lipinski definition) is 1. The molecule has 0 saturated carbocycles. The Morgan fingerprint density at radius 2 is 2.32 bits per heavy atom. The van der Waals surface area contributed by atoms with Crippen molar-refractivity contribution in [1.29, 1.82) is 0 Å². The second kappa shape index (κ2) is 7.05. The van der Waals surface area contributed by atoms with Crippen LogP contribution in [-0.2, 0) is 6.54 Å². The highest BCUT2D eigenvalue weighted by Crippen LogP contribution is 2.25. The first-order chi connectivity index (χ1) is 8.60. The van der Waals surface area contributed by atoms with E-state index in [2.05, 4.69) is 10.2 Å². The van der Waals surface area contributed by atoms with Crippen LogP contribution in [0, 0.1) is 10.1 Å². The van der Waals surface area contributed by atoms with Crippen molar-refractivity contribution in [2.75, 3.05) is 20.1 Å². The molecular weight excluding hydrogens is 289 g/mol. The zero-order valence-corrected chi connectivity index (χ0v) is 12.2. The van der Waals surface area contributed by atoms with Crippen LogP contribution in [0.4, 0.5) is 5.69 Å². The van der Waals surface area contributed by atoms with E-state index in [1.165, 1.54) is 6.07 Å². The molecular formula is C12H17Cl2N3O2. The minimum absolute atomic E-state index is 0. The molecule has 1 aliphatic rings. The summed E-state index contributed by atoms with van der Waals surface area (Å²) < 4.78 is 0. The van der Waals surface area contributed by atoms with Crippen molar-refractivity contribution in [3.8, 4) is 0 Å². The molecule has 1 N–H and O–H groups in total. The van der Waals surface area contributed by atoms with Gasteiger partial charge in [-0.1, -0.05) is 11.6 Å². The number of nitro groups is 1. The van der Waals surface area contributed by atoms with Crippen molar-refractivity contribution in [2.24, 2.45) is 0 Å². The van der Waals surface area contributed by atoms with E-state index < -0.39 is 0 Å². The number of nitrogens with zero attached hydrogens (tertiary/aromatic N) is 2. The Labute approximate surface area is 123 Å². The Balaban J connectivity index is 0.00000180. The first-order valence-corrected chi connectivity index (χ1v) is 6.30. The molecule has 0 radical (unpaired) electrons. The van der Waals surface area contributed by atoms with Crippen LogP contribution in [0.1, 0.15) is 12.0 Å². The Bertz CT molecular complexity index is 457.